The van der Waals surface area contributed by atoms with E-state index in [4.69, 9.17) is 11.6 Å². The molecule has 0 radical (unpaired) electrons. The number of rotatable bonds is 3. The highest BCUT2D eigenvalue weighted by atomic mass is 35.5. The molecule has 0 spiro atoms. The normalized spacial score (nSPS) is 13.9. The second-order valence-corrected chi connectivity index (χ2v) is 7.72. The number of fused-ring (bicyclic) bond motifs is 1. The molecular weight excluding hydrogens is 421 g/mol. The van der Waals surface area contributed by atoms with E-state index in [0.717, 1.165) is 11.1 Å². The SMILES string of the molecule is CC(=O)Nc1cc(N2CCN(C(=O)Nc3ccc(F)cc3)CC2)c2ccc(Cl)cc2n1. The number of hydrogen-bond acceptors (Lipinski definition) is 4. The zero-order valence-electron chi connectivity index (χ0n) is 16.9. The van der Waals surface area contributed by atoms with Crippen LogP contribution in [0.2, 0.25) is 5.02 Å². The number of halogens is 2. The second kappa shape index (κ2) is 8.77. The van der Waals surface area contributed by atoms with Crippen molar-refractivity contribution < 1.29 is 14.0 Å². The van der Waals surface area contributed by atoms with Gasteiger partial charge >= 0.3 is 6.03 Å². The highest BCUT2D eigenvalue weighted by Gasteiger charge is 2.23. The molecule has 0 unspecified atom stereocenters. The van der Waals surface area contributed by atoms with Crippen molar-refractivity contribution in [2.75, 3.05) is 41.7 Å². The third-order valence-corrected chi connectivity index (χ3v) is 5.29. The molecule has 0 bridgehead atoms. The quantitative estimate of drug-likeness (QED) is 0.633. The Balaban J connectivity index is 1.50. The second-order valence-electron chi connectivity index (χ2n) is 7.28. The van der Waals surface area contributed by atoms with Crippen LogP contribution in [-0.2, 0) is 4.79 Å². The number of nitrogens with zero attached hydrogens (tertiary/aromatic N) is 3. The Morgan fingerprint density at radius 2 is 1.71 bits per heavy atom. The number of piperazine rings is 1. The van der Waals surface area contributed by atoms with Crippen LogP contribution in [0.4, 0.5) is 26.4 Å². The first-order chi connectivity index (χ1) is 14.9. The number of hydrogen-bond donors (Lipinski definition) is 2. The molecule has 0 aliphatic carbocycles. The van der Waals surface area contributed by atoms with Gasteiger partial charge in [0.15, 0.2) is 0 Å². The largest absolute Gasteiger partial charge is 0.367 e. The van der Waals surface area contributed by atoms with Crippen LogP contribution >= 0.6 is 11.6 Å². The molecule has 1 aromatic heterocycles. The summed E-state index contributed by atoms with van der Waals surface area (Å²) in [5.74, 6) is -0.105. The van der Waals surface area contributed by atoms with Crippen LogP contribution < -0.4 is 15.5 Å². The zero-order chi connectivity index (χ0) is 22.0. The first-order valence-corrected chi connectivity index (χ1v) is 10.2. The molecule has 1 aliphatic rings. The molecule has 1 fully saturated rings. The Kier molecular flexibility index (Phi) is 5.90. The number of amides is 3. The minimum Gasteiger partial charge on any atom is -0.367 e. The van der Waals surface area contributed by atoms with Gasteiger partial charge in [0.05, 0.1) is 5.52 Å². The van der Waals surface area contributed by atoms with Crippen molar-refractivity contribution >= 4 is 51.6 Å². The van der Waals surface area contributed by atoms with Gasteiger partial charge in [0.1, 0.15) is 11.6 Å². The van der Waals surface area contributed by atoms with E-state index in [9.17, 15) is 14.0 Å². The van der Waals surface area contributed by atoms with Gasteiger partial charge in [0.25, 0.3) is 0 Å². The molecule has 2 N–H and O–H groups in total. The summed E-state index contributed by atoms with van der Waals surface area (Å²) in [5, 5.41) is 7.01. The molecule has 160 valence electrons. The minimum atomic E-state index is -0.351. The first kappa shape index (κ1) is 20.9. The molecule has 2 aromatic carbocycles. The smallest absolute Gasteiger partial charge is 0.321 e. The van der Waals surface area contributed by atoms with Crippen molar-refractivity contribution in [2.24, 2.45) is 0 Å². The van der Waals surface area contributed by atoms with Crippen LogP contribution in [0.15, 0.2) is 48.5 Å². The standard InChI is InChI=1S/C22H21ClFN5O2/c1-14(30)25-21-13-20(18-7-2-15(23)12-19(18)27-21)28-8-10-29(11-9-28)22(31)26-17-5-3-16(24)4-6-17/h2-7,12-13H,8-11H2,1H3,(H,26,31)(H,25,27,30). The number of benzene rings is 2. The fourth-order valence-corrected chi connectivity index (χ4v) is 3.74. The van der Waals surface area contributed by atoms with Crippen LogP contribution in [0, 0.1) is 5.82 Å². The predicted molar refractivity (Wildman–Crippen MR) is 120 cm³/mol. The Morgan fingerprint density at radius 3 is 2.39 bits per heavy atom. The van der Waals surface area contributed by atoms with Gasteiger partial charge in [-0.2, -0.15) is 0 Å². The molecule has 31 heavy (non-hydrogen) atoms. The highest BCUT2D eigenvalue weighted by Crippen LogP contribution is 2.31. The molecular formula is C22H21ClFN5O2. The van der Waals surface area contributed by atoms with Gasteiger partial charge in [0, 0.05) is 61.0 Å². The van der Waals surface area contributed by atoms with Crippen LogP contribution in [0.25, 0.3) is 10.9 Å². The number of anilines is 3. The topological polar surface area (TPSA) is 77.6 Å². The van der Waals surface area contributed by atoms with E-state index >= 15 is 0 Å². The molecule has 2 heterocycles. The molecule has 0 atom stereocenters. The maximum absolute atomic E-state index is 13.1. The highest BCUT2D eigenvalue weighted by molar-refractivity contribution is 6.31. The fraction of sp³-hybridized carbons (Fsp3) is 0.227. The van der Waals surface area contributed by atoms with E-state index in [2.05, 4.69) is 20.5 Å². The van der Waals surface area contributed by atoms with E-state index in [-0.39, 0.29) is 17.8 Å². The summed E-state index contributed by atoms with van der Waals surface area (Å²) in [6, 6.07) is 12.8. The Hall–Kier alpha value is -3.39. The van der Waals surface area contributed by atoms with E-state index in [0.29, 0.717) is 48.2 Å². The summed E-state index contributed by atoms with van der Waals surface area (Å²) >= 11 is 6.13. The summed E-state index contributed by atoms with van der Waals surface area (Å²) in [5.41, 5.74) is 2.15. The number of carbonyl (C=O) groups excluding carboxylic acids is 2. The summed E-state index contributed by atoms with van der Waals surface area (Å²) < 4.78 is 13.1. The lowest BCUT2D eigenvalue weighted by atomic mass is 10.1. The van der Waals surface area contributed by atoms with Gasteiger partial charge in [0.2, 0.25) is 5.91 Å². The average molecular weight is 442 g/mol. The third kappa shape index (κ3) is 4.86. The van der Waals surface area contributed by atoms with Crippen molar-refractivity contribution in [2.45, 2.75) is 6.92 Å². The summed E-state index contributed by atoms with van der Waals surface area (Å²) in [7, 11) is 0. The number of carbonyl (C=O) groups is 2. The molecule has 3 aromatic rings. The van der Waals surface area contributed by atoms with Gasteiger partial charge in [-0.15, -0.1) is 0 Å². The summed E-state index contributed by atoms with van der Waals surface area (Å²) in [4.78, 5) is 32.4. The average Bonchev–Trinajstić information content (AvgIpc) is 2.74. The number of pyridine rings is 1. The van der Waals surface area contributed by atoms with E-state index in [1.54, 1.807) is 17.0 Å². The Morgan fingerprint density at radius 1 is 1.00 bits per heavy atom. The Labute approximate surface area is 183 Å². The fourth-order valence-electron chi connectivity index (χ4n) is 3.58. The first-order valence-electron chi connectivity index (χ1n) is 9.83. The van der Waals surface area contributed by atoms with Crippen molar-refractivity contribution in [3.63, 3.8) is 0 Å². The number of nitrogens with one attached hydrogen (secondary N) is 2. The lowest BCUT2D eigenvalue weighted by Crippen LogP contribution is -2.50. The lowest BCUT2D eigenvalue weighted by molar-refractivity contribution is -0.114. The van der Waals surface area contributed by atoms with Crippen LogP contribution in [-0.4, -0.2) is 48.0 Å². The maximum atomic E-state index is 13.1. The molecule has 1 aliphatic heterocycles. The van der Waals surface area contributed by atoms with Crippen LogP contribution in [0.1, 0.15) is 6.92 Å². The van der Waals surface area contributed by atoms with Gasteiger partial charge < -0.3 is 20.4 Å². The molecule has 3 amide bonds. The molecule has 7 nitrogen and oxygen atoms in total. The zero-order valence-corrected chi connectivity index (χ0v) is 17.6. The maximum Gasteiger partial charge on any atom is 0.321 e. The summed E-state index contributed by atoms with van der Waals surface area (Å²) in [6.45, 7) is 3.68. The third-order valence-electron chi connectivity index (χ3n) is 5.06. The van der Waals surface area contributed by atoms with E-state index in [1.807, 2.05) is 12.1 Å². The molecule has 4 rings (SSSR count). The molecule has 0 saturated carbocycles. The van der Waals surface area contributed by atoms with Gasteiger partial charge in [-0.25, -0.2) is 14.2 Å². The van der Waals surface area contributed by atoms with Crippen LogP contribution in [0.5, 0.6) is 0 Å². The van der Waals surface area contributed by atoms with Crippen molar-refractivity contribution in [3.05, 3.63) is 59.4 Å². The van der Waals surface area contributed by atoms with E-state index in [1.165, 1.54) is 31.2 Å². The van der Waals surface area contributed by atoms with Gasteiger partial charge in [-0.05, 0) is 42.5 Å². The lowest BCUT2D eigenvalue weighted by Gasteiger charge is -2.36. The Bertz CT molecular complexity index is 1130. The number of urea groups is 1. The minimum absolute atomic E-state index is 0.206. The van der Waals surface area contributed by atoms with Gasteiger partial charge in [-0.3, -0.25) is 4.79 Å². The van der Waals surface area contributed by atoms with Crippen molar-refractivity contribution in [1.82, 2.24) is 9.88 Å². The summed E-state index contributed by atoms with van der Waals surface area (Å²) in [6.07, 6.45) is 0. The van der Waals surface area contributed by atoms with Crippen molar-refractivity contribution in [3.8, 4) is 0 Å². The van der Waals surface area contributed by atoms with Crippen LogP contribution in [0.3, 0.4) is 0 Å². The molecule has 1 saturated heterocycles. The predicted octanol–water partition coefficient (Wildman–Crippen LogP) is 4.34. The van der Waals surface area contributed by atoms with E-state index < -0.39 is 0 Å². The monoisotopic (exact) mass is 441 g/mol. The number of aromatic nitrogens is 1. The molecule has 9 heteroatoms. The van der Waals surface area contributed by atoms with Gasteiger partial charge in [-0.1, -0.05) is 11.6 Å². The van der Waals surface area contributed by atoms with Crippen molar-refractivity contribution in [1.29, 1.82) is 0 Å².